The lowest BCUT2D eigenvalue weighted by atomic mass is 9.96. The molecule has 3 aromatic rings. The monoisotopic (exact) mass is 554 g/mol. The molecule has 0 spiro atoms. The van der Waals surface area contributed by atoms with Crippen LogP contribution < -0.4 is 14.5 Å². The number of ether oxygens (including phenoxy) is 1. The molecule has 2 atom stereocenters. The second kappa shape index (κ2) is 11.1. The summed E-state index contributed by atoms with van der Waals surface area (Å²) in [6.45, 7) is 12.7. The fourth-order valence-corrected chi connectivity index (χ4v) is 6.76. The van der Waals surface area contributed by atoms with E-state index in [-0.39, 0.29) is 11.9 Å². The second-order valence-electron chi connectivity index (χ2n) is 11.5. The number of likely N-dealkylation sites (N-methyl/N-ethyl adjacent to an activating group) is 1. The lowest BCUT2D eigenvalue weighted by Crippen LogP contribution is -2.54. The van der Waals surface area contributed by atoms with Gasteiger partial charge in [-0.25, -0.2) is 4.98 Å². The SMILES string of the molecule is C=CC(=O)N1CCN(c2c(C#N)c(OCC3CCCN3C)nc3c2CCN(c2c(C)ccc4[nH]ncc24)C3)C(C)C1. The number of anilines is 2. The molecule has 1 N–H and O–H groups in total. The zero-order chi connectivity index (χ0) is 28.7. The molecule has 3 aliphatic heterocycles. The predicted octanol–water partition coefficient (Wildman–Crippen LogP) is 3.40. The van der Waals surface area contributed by atoms with E-state index < -0.39 is 0 Å². The van der Waals surface area contributed by atoms with Crippen molar-refractivity contribution in [3.8, 4) is 11.9 Å². The highest BCUT2D eigenvalue weighted by atomic mass is 16.5. The molecule has 0 saturated carbocycles. The van der Waals surface area contributed by atoms with Crippen LogP contribution in [0.25, 0.3) is 10.9 Å². The van der Waals surface area contributed by atoms with Crippen LogP contribution in [0.3, 0.4) is 0 Å². The first-order chi connectivity index (χ1) is 19.9. The number of amides is 1. The summed E-state index contributed by atoms with van der Waals surface area (Å²) < 4.78 is 6.40. The number of nitrogens with zero attached hydrogens (tertiary/aromatic N) is 7. The van der Waals surface area contributed by atoms with E-state index in [2.05, 4.69) is 70.6 Å². The first kappa shape index (κ1) is 27.1. The van der Waals surface area contributed by atoms with Gasteiger partial charge in [-0.15, -0.1) is 0 Å². The summed E-state index contributed by atoms with van der Waals surface area (Å²) in [5.74, 6) is 0.358. The van der Waals surface area contributed by atoms with E-state index >= 15 is 0 Å². The van der Waals surface area contributed by atoms with Crippen molar-refractivity contribution in [1.82, 2.24) is 25.0 Å². The summed E-state index contributed by atoms with van der Waals surface area (Å²) >= 11 is 0. The van der Waals surface area contributed by atoms with Gasteiger partial charge in [0.25, 0.3) is 0 Å². The normalized spacial score (nSPS) is 21.2. The van der Waals surface area contributed by atoms with Gasteiger partial charge < -0.3 is 24.3 Å². The summed E-state index contributed by atoms with van der Waals surface area (Å²) in [6, 6.07) is 7.01. The van der Waals surface area contributed by atoms with E-state index in [0.717, 1.165) is 65.9 Å². The highest BCUT2D eigenvalue weighted by Gasteiger charge is 2.34. The molecule has 2 unspecified atom stereocenters. The number of fused-ring (bicyclic) bond motifs is 2. The minimum Gasteiger partial charge on any atom is -0.475 e. The number of carbonyl (C=O) groups is 1. The summed E-state index contributed by atoms with van der Waals surface area (Å²) in [5.41, 5.74) is 6.83. The third-order valence-corrected chi connectivity index (χ3v) is 9.00. The number of likely N-dealkylation sites (tertiary alicyclic amines) is 1. The largest absolute Gasteiger partial charge is 0.475 e. The third-order valence-electron chi connectivity index (χ3n) is 9.00. The predicted molar refractivity (Wildman–Crippen MR) is 159 cm³/mol. The maximum absolute atomic E-state index is 12.4. The van der Waals surface area contributed by atoms with Crippen molar-refractivity contribution >= 4 is 28.2 Å². The van der Waals surface area contributed by atoms with Crippen LogP contribution in [0.1, 0.15) is 42.1 Å². The van der Waals surface area contributed by atoms with Crippen LogP contribution in [0.4, 0.5) is 11.4 Å². The Kier molecular flexibility index (Phi) is 7.30. The number of nitriles is 1. The van der Waals surface area contributed by atoms with Crippen molar-refractivity contribution in [3.05, 3.63) is 53.4 Å². The smallest absolute Gasteiger partial charge is 0.246 e. The van der Waals surface area contributed by atoms with Gasteiger partial charge >= 0.3 is 0 Å². The number of hydrogen-bond donors (Lipinski definition) is 1. The Morgan fingerprint density at radius 3 is 2.85 bits per heavy atom. The summed E-state index contributed by atoms with van der Waals surface area (Å²) in [7, 11) is 2.13. The number of H-pyrrole nitrogens is 1. The Labute approximate surface area is 241 Å². The molecule has 0 radical (unpaired) electrons. The molecule has 2 aromatic heterocycles. The summed E-state index contributed by atoms with van der Waals surface area (Å²) in [4.78, 5) is 26.2. The van der Waals surface area contributed by atoms with Gasteiger partial charge in [-0.3, -0.25) is 9.89 Å². The lowest BCUT2D eigenvalue weighted by molar-refractivity contribution is -0.126. The quantitative estimate of drug-likeness (QED) is 0.463. The van der Waals surface area contributed by atoms with Crippen molar-refractivity contribution in [2.45, 2.75) is 51.7 Å². The van der Waals surface area contributed by atoms with Crippen LogP contribution in [0.2, 0.25) is 0 Å². The van der Waals surface area contributed by atoms with Gasteiger partial charge in [-0.2, -0.15) is 10.4 Å². The van der Waals surface area contributed by atoms with E-state index in [4.69, 9.17) is 9.72 Å². The van der Waals surface area contributed by atoms with Gasteiger partial charge in [0.05, 0.1) is 35.3 Å². The van der Waals surface area contributed by atoms with Crippen LogP contribution in [0.5, 0.6) is 5.88 Å². The molecule has 5 heterocycles. The van der Waals surface area contributed by atoms with Crippen molar-refractivity contribution < 1.29 is 9.53 Å². The average Bonchev–Trinajstić information content (AvgIpc) is 3.63. The van der Waals surface area contributed by atoms with Crippen molar-refractivity contribution in [3.63, 3.8) is 0 Å². The van der Waals surface area contributed by atoms with Crippen molar-refractivity contribution in [1.29, 1.82) is 5.26 Å². The first-order valence-corrected chi connectivity index (χ1v) is 14.5. The van der Waals surface area contributed by atoms with Gasteiger partial charge in [0, 0.05) is 49.2 Å². The minimum absolute atomic E-state index is 0.0278. The Balaban J connectivity index is 1.40. The molecule has 1 aromatic carbocycles. The molecule has 2 fully saturated rings. The maximum Gasteiger partial charge on any atom is 0.246 e. The van der Waals surface area contributed by atoms with E-state index in [1.165, 1.54) is 11.6 Å². The van der Waals surface area contributed by atoms with Crippen LogP contribution in [-0.2, 0) is 17.8 Å². The summed E-state index contributed by atoms with van der Waals surface area (Å²) in [5, 5.41) is 19.0. The van der Waals surface area contributed by atoms with E-state index in [1.807, 2.05) is 11.1 Å². The van der Waals surface area contributed by atoms with Crippen molar-refractivity contribution in [2.24, 2.45) is 0 Å². The molecule has 10 nitrogen and oxygen atoms in total. The molecule has 41 heavy (non-hydrogen) atoms. The maximum atomic E-state index is 12.4. The fourth-order valence-electron chi connectivity index (χ4n) is 6.76. The number of nitrogens with one attached hydrogen (secondary N) is 1. The number of aromatic amines is 1. The first-order valence-electron chi connectivity index (χ1n) is 14.5. The fraction of sp³-hybridized carbons (Fsp3) is 0.484. The van der Waals surface area contributed by atoms with Crippen LogP contribution in [0, 0.1) is 18.3 Å². The lowest BCUT2D eigenvalue weighted by Gasteiger charge is -2.43. The number of aryl methyl sites for hydroxylation is 1. The molecule has 1 amide bonds. The van der Waals surface area contributed by atoms with E-state index in [0.29, 0.717) is 50.3 Å². The Bertz CT molecular complexity index is 1520. The van der Waals surface area contributed by atoms with Crippen molar-refractivity contribution in [2.75, 3.05) is 56.2 Å². The zero-order valence-electron chi connectivity index (χ0n) is 24.2. The number of carbonyl (C=O) groups excluding carboxylic acids is 1. The molecule has 3 aliphatic rings. The summed E-state index contributed by atoms with van der Waals surface area (Å²) in [6.07, 6.45) is 6.25. The number of benzene rings is 1. The van der Waals surface area contributed by atoms with E-state index in [1.54, 1.807) is 0 Å². The van der Waals surface area contributed by atoms with E-state index in [9.17, 15) is 10.1 Å². The molecule has 0 aliphatic carbocycles. The second-order valence-corrected chi connectivity index (χ2v) is 11.5. The topological polar surface area (TPSA) is 105 Å². The van der Waals surface area contributed by atoms with Crippen LogP contribution in [-0.4, -0.2) is 89.4 Å². The third kappa shape index (κ3) is 4.88. The van der Waals surface area contributed by atoms with Crippen LogP contribution in [0.15, 0.2) is 31.0 Å². The molecular formula is C31H38N8O2. The number of hydrogen-bond acceptors (Lipinski definition) is 8. The number of pyridine rings is 1. The Morgan fingerprint density at radius 2 is 2.12 bits per heavy atom. The molecule has 214 valence electrons. The minimum atomic E-state index is -0.0575. The Hall–Kier alpha value is -4.10. The highest BCUT2D eigenvalue weighted by molar-refractivity contribution is 5.93. The number of piperazine rings is 1. The molecule has 6 rings (SSSR count). The van der Waals surface area contributed by atoms with Gasteiger partial charge in [0.15, 0.2) is 0 Å². The number of rotatable bonds is 6. The molecular weight excluding hydrogens is 516 g/mol. The van der Waals surface area contributed by atoms with Gasteiger partial charge in [-0.05, 0) is 64.4 Å². The molecule has 10 heteroatoms. The standard InChI is InChI=1S/C31H38N8O2/c1-5-28(40)37-13-14-39(21(3)17-37)30-23-10-12-38(29-20(2)8-9-26-25(29)16-33-35-26)18-27(23)34-31(24(30)15-32)41-19-22-7-6-11-36(22)4/h5,8-9,16,21-22H,1,6-7,10-14,17-19H2,2-4H3,(H,33,35). The van der Waals surface area contributed by atoms with Crippen LogP contribution >= 0.6 is 0 Å². The average molecular weight is 555 g/mol. The molecule has 0 bridgehead atoms. The van der Waals surface area contributed by atoms with Gasteiger partial charge in [0.2, 0.25) is 11.8 Å². The zero-order valence-corrected chi connectivity index (χ0v) is 24.2. The number of aromatic nitrogens is 3. The van der Waals surface area contributed by atoms with Gasteiger partial charge in [-0.1, -0.05) is 12.6 Å². The molecule has 2 saturated heterocycles. The highest BCUT2D eigenvalue weighted by Crippen LogP contribution is 2.40. The Morgan fingerprint density at radius 1 is 1.27 bits per heavy atom. The van der Waals surface area contributed by atoms with Gasteiger partial charge in [0.1, 0.15) is 18.2 Å².